The van der Waals surface area contributed by atoms with Crippen LogP contribution >= 0.6 is 0 Å². The lowest BCUT2D eigenvalue weighted by atomic mass is 10.2. The monoisotopic (exact) mass is 330 g/mol. The predicted octanol–water partition coefficient (Wildman–Crippen LogP) is 0.755. The third-order valence-corrected chi connectivity index (χ3v) is 4.98. The molecule has 1 aliphatic rings. The van der Waals surface area contributed by atoms with Gasteiger partial charge in [0.05, 0.1) is 11.4 Å². The summed E-state index contributed by atoms with van der Waals surface area (Å²) >= 11 is 0. The molecule has 1 fully saturated rings. The second kappa shape index (κ2) is 5.85. The van der Waals surface area contributed by atoms with Gasteiger partial charge in [-0.15, -0.1) is 15.6 Å². The smallest absolute Gasteiger partial charge is 0.284 e. The molecule has 3 rings (SSSR count). The number of benzene rings is 1. The Morgan fingerprint density at radius 3 is 2.65 bits per heavy atom. The summed E-state index contributed by atoms with van der Waals surface area (Å²) in [7, 11) is -3.80. The molecule has 1 saturated carbocycles. The predicted molar refractivity (Wildman–Crippen MR) is 82.2 cm³/mol. The number of carbonyl (C=O) groups is 1. The van der Waals surface area contributed by atoms with E-state index in [1.165, 1.54) is 30.6 Å². The zero-order valence-corrected chi connectivity index (χ0v) is 13.0. The van der Waals surface area contributed by atoms with Gasteiger partial charge in [-0.05, 0) is 37.1 Å². The van der Waals surface area contributed by atoms with Gasteiger partial charge in [0.1, 0.15) is 6.33 Å². The topological polar surface area (TPSA) is 94.0 Å². The molecule has 0 bridgehead atoms. The van der Waals surface area contributed by atoms with Gasteiger partial charge < -0.3 is 5.32 Å². The van der Waals surface area contributed by atoms with Crippen LogP contribution in [0.15, 0.2) is 35.5 Å². The minimum Gasteiger partial charge on any atom is -0.341 e. The van der Waals surface area contributed by atoms with E-state index in [0.29, 0.717) is 11.4 Å². The molecule has 1 aromatic carbocycles. The summed E-state index contributed by atoms with van der Waals surface area (Å²) in [5, 5.41) is 6.54. The highest BCUT2D eigenvalue weighted by Gasteiger charge is 2.29. The van der Waals surface area contributed by atoms with E-state index < -0.39 is 10.0 Å². The number of amides is 1. The number of nitrogens with one attached hydrogen (secondary N) is 1. The highest BCUT2D eigenvalue weighted by Crippen LogP contribution is 2.37. The highest BCUT2D eigenvalue weighted by atomic mass is 32.2. The molecule has 118 valence electrons. The molecule has 0 saturated heterocycles. The van der Waals surface area contributed by atoms with Crippen molar-refractivity contribution in [2.24, 2.45) is 0 Å². The van der Waals surface area contributed by atoms with E-state index in [9.17, 15) is 13.2 Å². The minimum absolute atomic E-state index is 0.0400. The minimum atomic E-state index is -3.80. The molecule has 23 heavy (non-hydrogen) atoms. The van der Waals surface area contributed by atoms with Crippen molar-refractivity contribution >= 4 is 15.9 Å². The molecule has 0 atom stereocenters. The lowest BCUT2D eigenvalue weighted by Crippen LogP contribution is -2.23. The van der Waals surface area contributed by atoms with Crippen LogP contribution in [0.3, 0.4) is 0 Å². The Balaban J connectivity index is 1.82. The Bertz CT molecular complexity index is 874. The zero-order chi connectivity index (χ0) is 16.4. The Hall–Kier alpha value is -2.66. The third kappa shape index (κ3) is 3.10. The Kier molecular flexibility index (Phi) is 3.88. The average Bonchev–Trinajstić information content (AvgIpc) is 3.29. The first-order chi connectivity index (χ1) is 11.0. The molecule has 2 aromatic rings. The highest BCUT2D eigenvalue weighted by molar-refractivity contribution is 7.89. The Morgan fingerprint density at radius 1 is 1.35 bits per heavy atom. The van der Waals surface area contributed by atoms with Gasteiger partial charge >= 0.3 is 0 Å². The van der Waals surface area contributed by atoms with E-state index in [4.69, 9.17) is 6.42 Å². The average molecular weight is 330 g/mol. The standard InChI is InChI=1S/C15H14N4O3S/c1-2-9-16-15(20)12-5-7-13(8-6-12)23(21,22)19-10-17-14(18-19)11-3-4-11/h1,5-8,10-11H,3-4,9H2,(H,16,20). The Labute approximate surface area is 133 Å². The van der Waals surface area contributed by atoms with Gasteiger partial charge in [0, 0.05) is 11.5 Å². The van der Waals surface area contributed by atoms with Crippen molar-refractivity contribution in [1.29, 1.82) is 0 Å². The third-order valence-electron chi connectivity index (χ3n) is 3.44. The van der Waals surface area contributed by atoms with Gasteiger partial charge in [0.15, 0.2) is 5.82 Å². The summed E-state index contributed by atoms with van der Waals surface area (Å²) in [6.07, 6.45) is 8.26. The van der Waals surface area contributed by atoms with Gasteiger partial charge in [-0.3, -0.25) is 4.79 Å². The van der Waals surface area contributed by atoms with Crippen LogP contribution in [0.1, 0.15) is 34.9 Å². The summed E-state index contributed by atoms with van der Waals surface area (Å²) < 4.78 is 25.8. The van der Waals surface area contributed by atoms with Crippen molar-refractivity contribution in [3.63, 3.8) is 0 Å². The van der Waals surface area contributed by atoms with Crippen molar-refractivity contribution in [1.82, 2.24) is 19.5 Å². The fourth-order valence-electron chi connectivity index (χ4n) is 2.03. The van der Waals surface area contributed by atoms with Gasteiger partial charge in [0.25, 0.3) is 15.9 Å². The maximum atomic E-state index is 12.5. The molecule has 0 spiro atoms. The van der Waals surface area contributed by atoms with E-state index in [1.54, 1.807) is 0 Å². The van der Waals surface area contributed by atoms with Gasteiger partial charge in [-0.25, -0.2) is 4.98 Å². The summed E-state index contributed by atoms with van der Waals surface area (Å²) in [5.41, 5.74) is 0.330. The second-order valence-electron chi connectivity index (χ2n) is 5.17. The molecule has 7 nitrogen and oxygen atoms in total. The molecular formula is C15H14N4O3S. The van der Waals surface area contributed by atoms with Gasteiger partial charge in [0.2, 0.25) is 0 Å². The maximum absolute atomic E-state index is 12.5. The summed E-state index contributed by atoms with van der Waals surface area (Å²) in [6, 6.07) is 5.58. The van der Waals surface area contributed by atoms with Crippen molar-refractivity contribution in [2.75, 3.05) is 6.54 Å². The van der Waals surface area contributed by atoms with E-state index in [0.717, 1.165) is 16.9 Å². The van der Waals surface area contributed by atoms with Gasteiger partial charge in [-0.2, -0.15) is 8.42 Å². The van der Waals surface area contributed by atoms with E-state index in [1.807, 2.05) is 0 Å². The van der Waals surface area contributed by atoms with E-state index >= 15 is 0 Å². The maximum Gasteiger partial charge on any atom is 0.284 e. The number of carbonyl (C=O) groups excluding carboxylic acids is 1. The first-order valence-corrected chi connectivity index (χ1v) is 8.45. The first-order valence-electron chi connectivity index (χ1n) is 7.01. The molecule has 1 heterocycles. The lowest BCUT2D eigenvalue weighted by molar-refractivity contribution is 0.0958. The van der Waals surface area contributed by atoms with Crippen LogP contribution in [0.4, 0.5) is 0 Å². The molecule has 1 aliphatic carbocycles. The fourth-order valence-corrected chi connectivity index (χ4v) is 3.08. The van der Waals surface area contributed by atoms with Crippen molar-refractivity contribution in [3.8, 4) is 12.3 Å². The number of terminal acetylenes is 1. The number of rotatable bonds is 5. The number of hydrogen-bond donors (Lipinski definition) is 1. The molecule has 8 heteroatoms. The fraction of sp³-hybridized carbons (Fsp3) is 0.267. The van der Waals surface area contributed by atoms with Crippen LogP contribution in [0.25, 0.3) is 0 Å². The summed E-state index contributed by atoms with van der Waals surface area (Å²) in [5.74, 6) is 2.76. The van der Waals surface area contributed by atoms with Crippen molar-refractivity contribution in [2.45, 2.75) is 23.7 Å². The van der Waals surface area contributed by atoms with Crippen molar-refractivity contribution in [3.05, 3.63) is 42.0 Å². The molecule has 0 unspecified atom stereocenters. The molecule has 1 amide bonds. The SMILES string of the molecule is C#CCNC(=O)c1ccc(S(=O)(=O)n2cnc(C3CC3)n2)cc1. The van der Waals surface area contributed by atoms with E-state index in [2.05, 4.69) is 21.3 Å². The first kappa shape index (κ1) is 15.2. The van der Waals surface area contributed by atoms with Crippen LogP contribution in [0.2, 0.25) is 0 Å². The van der Waals surface area contributed by atoms with Gasteiger partial charge in [-0.1, -0.05) is 5.92 Å². The number of aromatic nitrogens is 3. The van der Waals surface area contributed by atoms with Crippen LogP contribution in [0, 0.1) is 12.3 Å². The second-order valence-corrected chi connectivity index (χ2v) is 6.96. The zero-order valence-electron chi connectivity index (χ0n) is 12.1. The van der Waals surface area contributed by atoms with Crippen LogP contribution in [-0.2, 0) is 10.0 Å². The molecular weight excluding hydrogens is 316 g/mol. The normalized spacial score (nSPS) is 14.2. The number of nitrogens with zero attached hydrogens (tertiary/aromatic N) is 3. The summed E-state index contributed by atoms with van der Waals surface area (Å²) in [4.78, 5) is 15.8. The molecule has 1 N–H and O–H groups in total. The van der Waals surface area contributed by atoms with Crippen LogP contribution in [0.5, 0.6) is 0 Å². The quantitative estimate of drug-likeness (QED) is 0.817. The number of hydrogen-bond acceptors (Lipinski definition) is 5. The van der Waals surface area contributed by atoms with Crippen molar-refractivity contribution < 1.29 is 13.2 Å². The Morgan fingerprint density at radius 2 is 2.04 bits per heavy atom. The largest absolute Gasteiger partial charge is 0.341 e. The molecule has 0 aliphatic heterocycles. The van der Waals surface area contributed by atoms with Crippen LogP contribution < -0.4 is 5.32 Å². The lowest BCUT2D eigenvalue weighted by Gasteiger charge is -2.05. The van der Waals surface area contributed by atoms with Crippen LogP contribution in [-0.4, -0.2) is 35.0 Å². The molecule has 1 aromatic heterocycles. The summed E-state index contributed by atoms with van der Waals surface area (Å²) in [6.45, 7) is 0.113. The molecule has 0 radical (unpaired) electrons. The van der Waals surface area contributed by atoms with E-state index in [-0.39, 0.29) is 23.3 Å².